The van der Waals surface area contributed by atoms with Gasteiger partial charge in [-0.05, 0) is 36.1 Å². The van der Waals surface area contributed by atoms with Crippen LogP contribution in [0.2, 0.25) is 0 Å². The number of ether oxygens (including phenoxy) is 2. The number of benzene rings is 2. The predicted octanol–water partition coefficient (Wildman–Crippen LogP) is 1.29. The maximum absolute atomic E-state index is 12.9. The molecule has 0 radical (unpaired) electrons. The zero-order chi connectivity index (χ0) is 24.3. The molecule has 4 N–H and O–H groups in total. The van der Waals surface area contributed by atoms with E-state index >= 15 is 0 Å². The van der Waals surface area contributed by atoms with E-state index in [-0.39, 0.29) is 23.8 Å². The number of fused-ring (bicyclic) bond motifs is 2. The molecule has 10 heteroatoms. The van der Waals surface area contributed by atoms with Crippen LogP contribution in [0.15, 0.2) is 47.4 Å². The molecule has 0 aromatic heterocycles. The summed E-state index contributed by atoms with van der Waals surface area (Å²) >= 11 is 0. The van der Waals surface area contributed by atoms with E-state index in [1.165, 1.54) is 18.2 Å². The van der Waals surface area contributed by atoms with Crippen molar-refractivity contribution in [1.82, 2.24) is 10.0 Å². The first-order valence-corrected chi connectivity index (χ1v) is 12.9. The fourth-order valence-corrected chi connectivity index (χ4v) is 5.46. The number of nitrogens with one attached hydrogen (secondary N) is 2. The third-order valence-corrected chi connectivity index (χ3v) is 7.68. The molecule has 184 valence electrons. The van der Waals surface area contributed by atoms with Crippen LogP contribution < -0.4 is 19.5 Å². The molecule has 0 fully saturated rings. The minimum absolute atomic E-state index is 0.00243. The maximum atomic E-state index is 12.9. The van der Waals surface area contributed by atoms with Crippen molar-refractivity contribution in [3.63, 3.8) is 0 Å². The van der Waals surface area contributed by atoms with Crippen LogP contribution in [-0.4, -0.2) is 56.5 Å². The van der Waals surface area contributed by atoms with Gasteiger partial charge in [0.05, 0.1) is 23.1 Å². The van der Waals surface area contributed by atoms with E-state index in [4.69, 9.17) is 9.47 Å². The topological polar surface area (TPSA) is 134 Å². The van der Waals surface area contributed by atoms with Crippen molar-refractivity contribution in [3.05, 3.63) is 53.6 Å². The highest BCUT2D eigenvalue weighted by Gasteiger charge is 2.33. The zero-order valence-corrected chi connectivity index (χ0v) is 19.8. The van der Waals surface area contributed by atoms with Crippen molar-refractivity contribution >= 4 is 15.9 Å². The van der Waals surface area contributed by atoms with Crippen LogP contribution in [0.25, 0.3) is 0 Å². The highest BCUT2D eigenvalue weighted by Crippen LogP contribution is 2.33. The number of aliphatic hydroxyl groups is 2. The van der Waals surface area contributed by atoms with E-state index < -0.39 is 34.2 Å². The Bertz CT molecular complexity index is 1140. The molecule has 2 aromatic carbocycles. The first kappa shape index (κ1) is 24.5. The highest BCUT2D eigenvalue weighted by molar-refractivity contribution is 7.89. The lowest BCUT2D eigenvalue weighted by molar-refractivity contribution is -0.127. The standard InChI is InChI=1S/C24H30N2O7S/c1-2-15(24(29)26-23-19-6-4-3-5-16(19)12-20(23)28)11-17(27)14-25-34(30,31)18-7-8-21-22(13-18)33-10-9-32-21/h3-8,13,15,17,20,23,25,27-28H,2,9-12,14H2,1H3,(H,26,29). The molecule has 4 rings (SSSR count). The number of rotatable bonds is 9. The molecule has 34 heavy (non-hydrogen) atoms. The molecule has 1 aliphatic carbocycles. The van der Waals surface area contributed by atoms with Crippen molar-refractivity contribution in [2.75, 3.05) is 19.8 Å². The molecular formula is C24H30N2O7S. The molecule has 4 unspecified atom stereocenters. The summed E-state index contributed by atoms with van der Waals surface area (Å²) in [5.74, 6) is 0.0239. The van der Waals surface area contributed by atoms with E-state index in [0.29, 0.717) is 37.6 Å². The summed E-state index contributed by atoms with van der Waals surface area (Å²) in [7, 11) is -3.89. The van der Waals surface area contributed by atoms with Gasteiger partial charge in [-0.1, -0.05) is 31.2 Å². The minimum Gasteiger partial charge on any atom is -0.486 e. The van der Waals surface area contributed by atoms with E-state index in [1.807, 2.05) is 31.2 Å². The number of sulfonamides is 1. The SMILES string of the molecule is CCC(CC(O)CNS(=O)(=O)c1ccc2c(c1)OCCO2)C(=O)NC1c2ccccc2CC1O. The van der Waals surface area contributed by atoms with Crippen molar-refractivity contribution < 1.29 is 32.9 Å². The molecule has 0 saturated heterocycles. The fraction of sp³-hybridized carbons (Fsp3) is 0.458. The average Bonchev–Trinajstić information content (AvgIpc) is 3.15. The van der Waals surface area contributed by atoms with Gasteiger partial charge >= 0.3 is 0 Å². The molecule has 1 aliphatic heterocycles. The van der Waals surface area contributed by atoms with E-state index in [1.54, 1.807) is 0 Å². The number of amides is 1. The monoisotopic (exact) mass is 490 g/mol. The molecule has 9 nitrogen and oxygen atoms in total. The Morgan fingerprint density at radius 2 is 1.88 bits per heavy atom. The Hall–Kier alpha value is -2.66. The first-order chi connectivity index (χ1) is 16.3. The summed E-state index contributed by atoms with van der Waals surface area (Å²) in [6, 6.07) is 11.4. The zero-order valence-electron chi connectivity index (χ0n) is 18.9. The lowest BCUT2D eigenvalue weighted by atomic mass is 9.96. The molecule has 2 aliphatic rings. The van der Waals surface area contributed by atoms with Gasteiger partial charge in [0.1, 0.15) is 13.2 Å². The summed E-state index contributed by atoms with van der Waals surface area (Å²) < 4.78 is 38.6. The second-order valence-corrected chi connectivity index (χ2v) is 10.4. The third-order valence-electron chi connectivity index (χ3n) is 6.25. The number of hydrogen-bond acceptors (Lipinski definition) is 7. The lowest BCUT2D eigenvalue weighted by Gasteiger charge is -2.23. The van der Waals surface area contributed by atoms with Crippen molar-refractivity contribution in [2.24, 2.45) is 5.92 Å². The normalized spacial score (nSPS) is 20.9. The second kappa shape index (κ2) is 10.3. The Morgan fingerprint density at radius 3 is 2.65 bits per heavy atom. The Labute approximate surface area is 199 Å². The summed E-state index contributed by atoms with van der Waals surface area (Å²) in [4.78, 5) is 12.9. The van der Waals surface area contributed by atoms with E-state index in [9.17, 15) is 23.4 Å². The number of aliphatic hydroxyl groups excluding tert-OH is 2. The largest absolute Gasteiger partial charge is 0.486 e. The van der Waals surface area contributed by atoms with Gasteiger partial charge < -0.3 is 25.0 Å². The maximum Gasteiger partial charge on any atom is 0.240 e. The molecule has 1 heterocycles. The smallest absolute Gasteiger partial charge is 0.240 e. The van der Waals surface area contributed by atoms with Crippen LogP contribution in [0.3, 0.4) is 0 Å². The number of hydrogen-bond donors (Lipinski definition) is 4. The third kappa shape index (κ3) is 5.35. The molecule has 0 saturated carbocycles. The second-order valence-electron chi connectivity index (χ2n) is 8.61. The minimum atomic E-state index is -3.89. The van der Waals surface area contributed by atoms with Gasteiger partial charge in [0.25, 0.3) is 0 Å². The lowest BCUT2D eigenvalue weighted by Crippen LogP contribution is -2.40. The van der Waals surface area contributed by atoms with Gasteiger partial charge in [-0.2, -0.15) is 0 Å². The highest BCUT2D eigenvalue weighted by atomic mass is 32.2. The average molecular weight is 491 g/mol. The van der Waals surface area contributed by atoms with Crippen LogP contribution in [0, 0.1) is 5.92 Å². The van der Waals surface area contributed by atoms with E-state index in [2.05, 4.69) is 10.0 Å². The van der Waals surface area contributed by atoms with Crippen LogP contribution in [-0.2, 0) is 21.2 Å². The van der Waals surface area contributed by atoms with Crippen molar-refractivity contribution in [3.8, 4) is 11.5 Å². The molecular weight excluding hydrogens is 460 g/mol. The quantitative estimate of drug-likeness (QED) is 0.416. The van der Waals surface area contributed by atoms with Crippen LogP contribution in [0.4, 0.5) is 0 Å². The molecule has 0 bridgehead atoms. The molecule has 0 spiro atoms. The fourth-order valence-electron chi connectivity index (χ4n) is 4.37. The molecule has 2 aromatic rings. The van der Waals surface area contributed by atoms with Crippen molar-refractivity contribution in [1.29, 1.82) is 0 Å². The van der Waals surface area contributed by atoms with Crippen molar-refractivity contribution in [2.45, 2.75) is 49.3 Å². The molecule has 4 atom stereocenters. The summed E-state index contributed by atoms with van der Waals surface area (Å²) in [6.07, 6.45) is -0.758. The van der Waals surface area contributed by atoms with Gasteiger partial charge in [-0.3, -0.25) is 4.79 Å². The Kier molecular flexibility index (Phi) is 7.42. The van der Waals surface area contributed by atoms with Crippen LogP contribution >= 0.6 is 0 Å². The van der Waals surface area contributed by atoms with Gasteiger partial charge in [0, 0.05) is 24.9 Å². The van der Waals surface area contributed by atoms with E-state index in [0.717, 1.165) is 11.1 Å². The van der Waals surface area contributed by atoms with Gasteiger partial charge in [0.2, 0.25) is 15.9 Å². The van der Waals surface area contributed by atoms with Crippen LogP contribution in [0.5, 0.6) is 11.5 Å². The summed E-state index contributed by atoms with van der Waals surface area (Å²) in [5, 5.41) is 23.8. The number of carbonyl (C=O) groups is 1. The Balaban J connectivity index is 1.33. The van der Waals surface area contributed by atoms with Gasteiger partial charge in [0.15, 0.2) is 11.5 Å². The summed E-state index contributed by atoms with van der Waals surface area (Å²) in [5.41, 5.74) is 1.90. The summed E-state index contributed by atoms with van der Waals surface area (Å²) in [6.45, 7) is 2.33. The Morgan fingerprint density at radius 1 is 1.15 bits per heavy atom. The van der Waals surface area contributed by atoms with Gasteiger partial charge in [-0.15, -0.1) is 0 Å². The first-order valence-electron chi connectivity index (χ1n) is 11.4. The predicted molar refractivity (Wildman–Crippen MR) is 124 cm³/mol. The van der Waals surface area contributed by atoms with Gasteiger partial charge in [-0.25, -0.2) is 13.1 Å². The van der Waals surface area contributed by atoms with Crippen LogP contribution in [0.1, 0.15) is 36.9 Å². The number of carbonyl (C=O) groups excluding carboxylic acids is 1. The molecule has 1 amide bonds.